The highest BCUT2D eigenvalue weighted by molar-refractivity contribution is 5.03. The zero-order valence-corrected chi connectivity index (χ0v) is 7.80. The van der Waals surface area contributed by atoms with Crippen LogP contribution in [0.4, 0.5) is 0 Å². The third-order valence-electron chi connectivity index (χ3n) is 1.91. The zero-order valence-electron chi connectivity index (χ0n) is 7.80. The Kier molecular flexibility index (Phi) is 3.13. The second-order valence-corrected chi connectivity index (χ2v) is 3.57. The molecule has 0 saturated carbocycles. The maximum Gasteiger partial charge on any atom is 0.159 e. The summed E-state index contributed by atoms with van der Waals surface area (Å²) in [6, 6.07) is 0. The van der Waals surface area contributed by atoms with Crippen molar-refractivity contribution in [3.63, 3.8) is 0 Å². The molecule has 2 nitrogen and oxygen atoms in total. The summed E-state index contributed by atoms with van der Waals surface area (Å²) in [6.07, 6.45) is 8.47. The molecule has 1 rings (SSSR count). The minimum Gasteiger partial charge on any atom is -0.353 e. The Balaban J connectivity index is 2.35. The van der Waals surface area contributed by atoms with Crippen LogP contribution in [0, 0.1) is 12.3 Å². The van der Waals surface area contributed by atoms with Crippen molar-refractivity contribution in [2.45, 2.75) is 45.0 Å². The maximum absolute atomic E-state index is 5.57. The highest BCUT2D eigenvalue weighted by atomic mass is 16.7. The first-order valence-electron chi connectivity index (χ1n) is 4.41. The SMILES string of the molecule is C#CC(C)(C)O[C@@H]1CCCCO1. The van der Waals surface area contributed by atoms with Crippen LogP contribution in [0.5, 0.6) is 0 Å². The standard InChI is InChI=1S/C10H16O2/c1-4-10(2,3)12-9-7-5-6-8-11-9/h1,9H,5-8H2,2-3H3/t9-/m1/s1. The van der Waals surface area contributed by atoms with Gasteiger partial charge in [-0.05, 0) is 33.1 Å². The number of rotatable bonds is 2. The fraction of sp³-hybridized carbons (Fsp3) is 0.800. The lowest BCUT2D eigenvalue weighted by molar-refractivity contribution is -0.199. The monoisotopic (exact) mass is 168 g/mol. The fourth-order valence-corrected chi connectivity index (χ4v) is 1.17. The van der Waals surface area contributed by atoms with Gasteiger partial charge in [-0.25, -0.2) is 0 Å². The van der Waals surface area contributed by atoms with Gasteiger partial charge in [0.15, 0.2) is 6.29 Å². The van der Waals surface area contributed by atoms with Gasteiger partial charge in [-0.1, -0.05) is 5.92 Å². The molecule has 0 unspecified atom stereocenters. The minimum atomic E-state index is -0.498. The van der Waals surface area contributed by atoms with Crippen molar-refractivity contribution >= 4 is 0 Å². The van der Waals surface area contributed by atoms with E-state index in [1.54, 1.807) is 0 Å². The van der Waals surface area contributed by atoms with Crippen molar-refractivity contribution in [1.82, 2.24) is 0 Å². The van der Waals surface area contributed by atoms with Crippen LogP contribution >= 0.6 is 0 Å². The quantitative estimate of drug-likeness (QED) is 0.587. The van der Waals surface area contributed by atoms with Crippen LogP contribution < -0.4 is 0 Å². The summed E-state index contributed by atoms with van der Waals surface area (Å²) >= 11 is 0. The van der Waals surface area contributed by atoms with E-state index >= 15 is 0 Å². The lowest BCUT2D eigenvalue weighted by Crippen LogP contribution is -2.32. The lowest BCUT2D eigenvalue weighted by Gasteiger charge is -2.29. The van der Waals surface area contributed by atoms with Gasteiger partial charge in [-0.3, -0.25) is 0 Å². The van der Waals surface area contributed by atoms with Crippen molar-refractivity contribution in [1.29, 1.82) is 0 Å². The number of ether oxygens (including phenoxy) is 2. The van der Waals surface area contributed by atoms with Crippen LogP contribution in [-0.2, 0) is 9.47 Å². The van der Waals surface area contributed by atoms with Gasteiger partial charge in [0.1, 0.15) is 5.60 Å². The Bertz CT molecular complexity index is 173. The van der Waals surface area contributed by atoms with Gasteiger partial charge in [-0.2, -0.15) is 0 Å². The van der Waals surface area contributed by atoms with Crippen LogP contribution in [-0.4, -0.2) is 18.5 Å². The summed E-state index contributed by atoms with van der Waals surface area (Å²) < 4.78 is 11.0. The first-order chi connectivity index (χ1) is 5.64. The molecule has 0 aliphatic carbocycles. The van der Waals surface area contributed by atoms with Gasteiger partial charge in [0, 0.05) is 6.61 Å². The van der Waals surface area contributed by atoms with Gasteiger partial charge in [-0.15, -0.1) is 6.42 Å². The van der Waals surface area contributed by atoms with E-state index in [0.717, 1.165) is 19.4 Å². The summed E-state index contributed by atoms with van der Waals surface area (Å²) in [5.41, 5.74) is -0.498. The van der Waals surface area contributed by atoms with E-state index in [9.17, 15) is 0 Å². The van der Waals surface area contributed by atoms with Crippen LogP contribution in [0.15, 0.2) is 0 Å². The van der Waals surface area contributed by atoms with Crippen molar-refractivity contribution in [3.8, 4) is 12.3 Å². The van der Waals surface area contributed by atoms with E-state index in [2.05, 4.69) is 5.92 Å². The Hall–Kier alpha value is -0.520. The molecule has 0 radical (unpaired) electrons. The van der Waals surface area contributed by atoms with Gasteiger partial charge in [0.25, 0.3) is 0 Å². The molecule has 1 fully saturated rings. The summed E-state index contributed by atoms with van der Waals surface area (Å²) in [7, 11) is 0. The van der Waals surface area contributed by atoms with Gasteiger partial charge in [0.05, 0.1) is 0 Å². The Morgan fingerprint density at radius 3 is 2.75 bits per heavy atom. The molecule has 1 aliphatic heterocycles. The van der Waals surface area contributed by atoms with E-state index in [0.29, 0.717) is 0 Å². The first-order valence-corrected chi connectivity index (χ1v) is 4.41. The van der Waals surface area contributed by atoms with E-state index in [-0.39, 0.29) is 6.29 Å². The summed E-state index contributed by atoms with van der Waals surface area (Å²) in [5, 5.41) is 0. The molecular formula is C10H16O2. The van der Waals surface area contributed by atoms with Crippen molar-refractivity contribution in [2.24, 2.45) is 0 Å². The first kappa shape index (κ1) is 9.57. The molecule has 68 valence electrons. The van der Waals surface area contributed by atoms with E-state index in [1.165, 1.54) is 6.42 Å². The molecule has 0 bridgehead atoms. The van der Waals surface area contributed by atoms with Gasteiger partial charge in [0.2, 0.25) is 0 Å². The molecule has 0 N–H and O–H groups in total. The fourth-order valence-electron chi connectivity index (χ4n) is 1.17. The molecular weight excluding hydrogens is 152 g/mol. The third kappa shape index (κ3) is 2.84. The largest absolute Gasteiger partial charge is 0.353 e. The van der Waals surface area contributed by atoms with E-state index in [4.69, 9.17) is 15.9 Å². The third-order valence-corrected chi connectivity index (χ3v) is 1.91. The average molecular weight is 168 g/mol. The summed E-state index contributed by atoms with van der Waals surface area (Å²) in [5.74, 6) is 2.59. The minimum absolute atomic E-state index is 0.0928. The highest BCUT2D eigenvalue weighted by Gasteiger charge is 2.23. The van der Waals surface area contributed by atoms with Crippen molar-refractivity contribution in [3.05, 3.63) is 0 Å². The normalized spacial score (nSPS) is 24.9. The molecule has 0 aromatic heterocycles. The maximum atomic E-state index is 5.57. The number of hydrogen-bond donors (Lipinski definition) is 0. The van der Waals surface area contributed by atoms with Crippen molar-refractivity contribution < 1.29 is 9.47 Å². The van der Waals surface area contributed by atoms with Crippen LogP contribution in [0.2, 0.25) is 0 Å². The van der Waals surface area contributed by atoms with Crippen LogP contribution in [0.1, 0.15) is 33.1 Å². The summed E-state index contributed by atoms with van der Waals surface area (Å²) in [4.78, 5) is 0. The molecule has 1 saturated heterocycles. The Morgan fingerprint density at radius 1 is 1.50 bits per heavy atom. The topological polar surface area (TPSA) is 18.5 Å². The van der Waals surface area contributed by atoms with Gasteiger partial charge < -0.3 is 9.47 Å². The molecule has 12 heavy (non-hydrogen) atoms. The average Bonchev–Trinajstić information content (AvgIpc) is 2.06. The smallest absolute Gasteiger partial charge is 0.159 e. The van der Waals surface area contributed by atoms with Gasteiger partial charge >= 0.3 is 0 Å². The van der Waals surface area contributed by atoms with Crippen molar-refractivity contribution in [2.75, 3.05) is 6.61 Å². The predicted octanol–water partition coefficient (Wildman–Crippen LogP) is 1.94. The lowest BCUT2D eigenvalue weighted by atomic mass is 10.1. The number of terminal acetylenes is 1. The second kappa shape index (κ2) is 3.93. The molecule has 1 heterocycles. The molecule has 2 heteroatoms. The summed E-state index contributed by atoms with van der Waals surface area (Å²) in [6.45, 7) is 4.56. The Labute approximate surface area is 74.2 Å². The molecule has 0 aromatic rings. The van der Waals surface area contributed by atoms with Crippen LogP contribution in [0.25, 0.3) is 0 Å². The van der Waals surface area contributed by atoms with Crippen LogP contribution in [0.3, 0.4) is 0 Å². The molecule has 0 spiro atoms. The Morgan fingerprint density at radius 2 is 2.25 bits per heavy atom. The number of hydrogen-bond acceptors (Lipinski definition) is 2. The predicted molar refractivity (Wildman–Crippen MR) is 47.6 cm³/mol. The molecule has 0 aromatic carbocycles. The second-order valence-electron chi connectivity index (χ2n) is 3.57. The molecule has 0 amide bonds. The zero-order chi connectivity index (χ0) is 9.03. The van der Waals surface area contributed by atoms with E-state index in [1.807, 2.05) is 13.8 Å². The van der Waals surface area contributed by atoms with E-state index < -0.39 is 5.60 Å². The molecule has 1 aliphatic rings. The highest BCUT2D eigenvalue weighted by Crippen LogP contribution is 2.19. The molecule has 1 atom stereocenters.